The number of aliphatic carboxylic acids is 1. The third-order valence-corrected chi connectivity index (χ3v) is 3.14. The third kappa shape index (κ3) is 1.61. The molecule has 1 heterocycles. The van der Waals surface area contributed by atoms with Crippen LogP contribution in [0.4, 0.5) is 0 Å². The molecule has 0 aliphatic carbocycles. The molecule has 0 aromatic carbocycles. The molecule has 4 nitrogen and oxygen atoms in total. The van der Waals surface area contributed by atoms with Crippen molar-refractivity contribution in [1.29, 1.82) is 0 Å². The minimum atomic E-state index is -1.34. The summed E-state index contributed by atoms with van der Waals surface area (Å²) in [6.45, 7) is 5.18. The van der Waals surface area contributed by atoms with Crippen LogP contribution in [0.3, 0.4) is 0 Å². The maximum Gasteiger partial charge on any atom is 0.348 e. The molecule has 1 fully saturated rings. The fourth-order valence-electron chi connectivity index (χ4n) is 1.73. The van der Waals surface area contributed by atoms with Crippen LogP contribution in [0.15, 0.2) is 0 Å². The highest BCUT2D eigenvalue weighted by atomic mass is 16.6. The highest BCUT2D eigenvalue weighted by molar-refractivity contribution is 5.84. The lowest BCUT2D eigenvalue weighted by molar-refractivity contribution is -0.195. The molecule has 0 aromatic rings. The molecule has 1 aliphatic rings. The van der Waals surface area contributed by atoms with Crippen LogP contribution in [0.1, 0.15) is 33.6 Å². The van der Waals surface area contributed by atoms with E-state index in [0.29, 0.717) is 12.8 Å². The second-order valence-corrected chi connectivity index (χ2v) is 4.08. The van der Waals surface area contributed by atoms with E-state index in [2.05, 4.69) is 0 Å². The summed E-state index contributed by atoms with van der Waals surface area (Å²) in [6, 6.07) is 0. The van der Waals surface area contributed by atoms with Crippen LogP contribution in [0, 0.1) is 11.8 Å². The van der Waals surface area contributed by atoms with E-state index in [-0.39, 0.29) is 17.8 Å². The van der Waals surface area contributed by atoms with Crippen LogP contribution in [0.25, 0.3) is 0 Å². The van der Waals surface area contributed by atoms with Gasteiger partial charge in [-0.15, -0.1) is 0 Å². The maximum atomic E-state index is 11.4. The average molecular weight is 200 g/mol. The number of carbonyl (C=O) groups is 2. The smallest absolute Gasteiger partial charge is 0.348 e. The van der Waals surface area contributed by atoms with E-state index in [1.165, 1.54) is 6.92 Å². The molecule has 0 spiro atoms. The number of carboxylic acid groups (broad SMARTS) is 1. The standard InChI is InChI=1S/C10H16O4/c1-4-7-5-6(2)10(3,9(12)13)14-8(7)11/h6-7H,4-5H2,1-3H3,(H,12,13)/t6-,7-,10+/m1/s1. The molecule has 1 saturated heterocycles. The Labute approximate surface area is 83.2 Å². The normalized spacial score (nSPS) is 37.8. The van der Waals surface area contributed by atoms with Gasteiger partial charge in [-0.2, -0.15) is 0 Å². The lowest BCUT2D eigenvalue weighted by Crippen LogP contribution is -2.51. The number of carbonyl (C=O) groups excluding carboxylic acids is 1. The number of rotatable bonds is 2. The molecule has 3 atom stereocenters. The van der Waals surface area contributed by atoms with E-state index >= 15 is 0 Å². The molecular formula is C10H16O4. The number of cyclic esters (lactones) is 1. The number of carboxylic acids is 1. The maximum absolute atomic E-state index is 11.4. The third-order valence-electron chi connectivity index (χ3n) is 3.14. The van der Waals surface area contributed by atoms with E-state index in [1.54, 1.807) is 0 Å². The first-order valence-corrected chi connectivity index (χ1v) is 4.88. The van der Waals surface area contributed by atoms with Crippen LogP contribution in [0.5, 0.6) is 0 Å². The molecule has 0 amide bonds. The van der Waals surface area contributed by atoms with Crippen molar-refractivity contribution in [3.05, 3.63) is 0 Å². The van der Waals surface area contributed by atoms with E-state index in [4.69, 9.17) is 9.84 Å². The summed E-state index contributed by atoms with van der Waals surface area (Å²) in [5.41, 5.74) is -1.34. The van der Waals surface area contributed by atoms with Crippen LogP contribution in [0.2, 0.25) is 0 Å². The molecule has 0 unspecified atom stereocenters. The molecule has 14 heavy (non-hydrogen) atoms. The molecule has 1 N–H and O–H groups in total. The molecule has 0 saturated carbocycles. The van der Waals surface area contributed by atoms with Gasteiger partial charge in [0.15, 0.2) is 0 Å². The van der Waals surface area contributed by atoms with Crippen molar-refractivity contribution >= 4 is 11.9 Å². The minimum absolute atomic E-state index is 0.136. The zero-order chi connectivity index (χ0) is 10.9. The number of esters is 1. The Morgan fingerprint density at radius 2 is 2.29 bits per heavy atom. The Bertz CT molecular complexity index is 261. The summed E-state index contributed by atoms with van der Waals surface area (Å²) in [5, 5.41) is 8.97. The predicted molar refractivity (Wildman–Crippen MR) is 49.7 cm³/mol. The van der Waals surface area contributed by atoms with Gasteiger partial charge in [0.25, 0.3) is 0 Å². The first kappa shape index (κ1) is 11.0. The van der Waals surface area contributed by atoms with Crippen molar-refractivity contribution in [2.45, 2.75) is 39.2 Å². The van der Waals surface area contributed by atoms with Gasteiger partial charge in [-0.25, -0.2) is 4.79 Å². The Morgan fingerprint density at radius 1 is 1.71 bits per heavy atom. The second-order valence-electron chi connectivity index (χ2n) is 4.08. The Morgan fingerprint density at radius 3 is 2.71 bits per heavy atom. The van der Waals surface area contributed by atoms with Gasteiger partial charge in [-0.3, -0.25) is 4.79 Å². The Hall–Kier alpha value is -1.06. The summed E-state index contributed by atoms with van der Waals surface area (Å²) >= 11 is 0. The summed E-state index contributed by atoms with van der Waals surface area (Å²) < 4.78 is 5.01. The SMILES string of the molecule is CC[C@@H]1C[C@@H](C)[C@@](C)(C(=O)O)OC1=O. The first-order chi connectivity index (χ1) is 6.41. The fraction of sp³-hybridized carbons (Fsp3) is 0.800. The van der Waals surface area contributed by atoms with E-state index in [1.807, 2.05) is 13.8 Å². The minimum Gasteiger partial charge on any atom is -0.478 e. The molecule has 0 aromatic heterocycles. The van der Waals surface area contributed by atoms with Crippen molar-refractivity contribution in [3.8, 4) is 0 Å². The Balaban J connectivity index is 2.86. The topological polar surface area (TPSA) is 63.6 Å². The van der Waals surface area contributed by atoms with Crippen LogP contribution < -0.4 is 0 Å². The van der Waals surface area contributed by atoms with Gasteiger partial charge in [0.1, 0.15) is 0 Å². The fourth-order valence-corrected chi connectivity index (χ4v) is 1.73. The lowest BCUT2D eigenvalue weighted by Gasteiger charge is -2.38. The average Bonchev–Trinajstić information content (AvgIpc) is 2.11. The Kier molecular flexibility index (Phi) is 2.83. The van der Waals surface area contributed by atoms with Gasteiger partial charge in [-0.1, -0.05) is 13.8 Å². The van der Waals surface area contributed by atoms with Gasteiger partial charge in [0, 0.05) is 5.92 Å². The number of hydrogen-bond donors (Lipinski definition) is 1. The van der Waals surface area contributed by atoms with Crippen molar-refractivity contribution in [3.63, 3.8) is 0 Å². The number of ether oxygens (including phenoxy) is 1. The molecule has 0 bridgehead atoms. The van der Waals surface area contributed by atoms with Crippen LogP contribution >= 0.6 is 0 Å². The van der Waals surface area contributed by atoms with Crippen LogP contribution in [-0.4, -0.2) is 22.6 Å². The van der Waals surface area contributed by atoms with Crippen molar-refractivity contribution in [1.82, 2.24) is 0 Å². The predicted octanol–water partition coefficient (Wildman–Crippen LogP) is 1.44. The second kappa shape index (κ2) is 3.59. The van der Waals surface area contributed by atoms with E-state index < -0.39 is 11.6 Å². The van der Waals surface area contributed by atoms with E-state index in [9.17, 15) is 9.59 Å². The summed E-state index contributed by atoms with van der Waals surface area (Å²) in [5.74, 6) is -1.72. The van der Waals surface area contributed by atoms with Crippen LogP contribution in [-0.2, 0) is 14.3 Å². The largest absolute Gasteiger partial charge is 0.478 e. The highest BCUT2D eigenvalue weighted by Crippen LogP contribution is 2.35. The molecular weight excluding hydrogens is 184 g/mol. The zero-order valence-corrected chi connectivity index (χ0v) is 8.74. The molecule has 4 heteroatoms. The van der Waals surface area contributed by atoms with Crippen molar-refractivity contribution < 1.29 is 19.4 Å². The summed E-state index contributed by atoms with van der Waals surface area (Å²) in [6.07, 6.45) is 1.30. The molecule has 1 rings (SSSR count). The first-order valence-electron chi connectivity index (χ1n) is 4.88. The number of hydrogen-bond acceptors (Lipinski definition) is 3. The van der Waals surface area contributed by atoms with Gasteiger partial charge < -0.3 is 9.84 Å². The lowest BCUT2D eigenvalue weighted by atomic mass is 9.79. The van der Waals surface area contributed by atoms with E-state index in [0.717, 1.165) is 0 Å². The van der Waals surface area contributed by atoms with Gasteiger partial charge in [0.05, 0.1) is 5.92 Å². The molecule has 80 valence electrons. The van der Waals surface area contributed by atoms with Gasteiger partial charge in [-0.05, 0) is 19.8 Å². The quantitative estimate of drug-likeness (QED) is 0.685. The molecule has 1 aliphatic heterocycles. The summed E-state index contributed by atoms with van der Waals surface area (Å²) in [4.78, 5) is 22.4. The highest BCUT2D eigenvalue weighted by Gasteiger charge is 2.48. The van der Waals surface area contributed by atoms with Crippen molar-refractivity contribution in [2.24, 2.45) is 11.8 Å². The summed E-state index contributed by atoms with van der Waals surface area (Å²) in [7, 11) is 0. The van der Waals surface area contributed by atoms with Crippen molar-refractivity contribution in [2.75, 3.05) is 0 Å². The monoisotopic (exact) mass is 200 g/mol. The van der Waals surface area contributed by atoms with Gasteiger partial charge in [0.2, 0.25) is 5.60 Å². The van der Waals surface area contributed by atoms with Gasteiger partial charge >= 0.3 is 11.9 Å². The zero-order valence-electron chi connectivity index (χ0n) is 8.74. The molecule has 0 radical (unpaired) electrons.